The lowest BCUT2D eigenvalue weighted by Gasteiger charge is -2.08. The fraction of sp³-hybridized carbons (Fsp3) is 0.222. The maximum atomic E-state index is 12.5. The second kappa shape index (κ2) is 3.83. The van der Waals surface area contributed by atoms with Crippen molar-refractivity contribution in [3.05, 3.63) is 34.7 Å². The lowest BCUT2D eigenvalue weighted by molar-refractivity contribution is -0.137. The van der Waals surface area contributed by atoms with Gasteiger partial charge in [-0.05, 0) is 6.07 Å². The van der Waals surface area contributed by atoms with Gasteiger partial charge >= 0.3 is 6.18 Å². The van der Waals surface area contributed by atoms with Gasteiger partial charge in [0.25, 0.3) is 6.43 Å². The molecule has 0 fully saturated rings. The summed E-state index contributed by atoms with van der Waals surface area (Å²) >= 11 is 5.50. The Balaban J connectivity index is 2.67. The Labute approximate surface area is 96.6 Å². The van der Waals surface area contributed by atoms with Crippen LogP contribution in [-0.4, -0.2) is 9.38 Å². The third-order valence-corrected chi connectivity index (χ3v) is 2.49. The molecule has 0 aromatic carbocycles. The molecule has 0 aliphatic heterocycles. The number of aromatic nitrogens is 2. The van der Waals surface area contributed by atoms with Crippen molar-refractivity contribution in [1.82, 2.24) is 9.38 Å². The molecule has 0 saturated carbocycles. The number of halogens is 6. The van der Waals surface area contributed by atoms with E-state index in [1.807, 2.05) is 0 Å². The minimum absolute atomic E-state index is 0.336. The van der Waals surface area contributed by atoms with Crippen molar-refractivity contribution in [2.24, 2.45) is 0 Å². The number of hydrogen-bond acceptors (Lipinski definition) is 1. The van der Waals surface area contributed by atoms with Crippen molar-refractivity contribution >= 4 is 17.2 Å². The monoisotopic (exact) mass is 270 g/mol. The van der Waals surface area contributed by atoms with Crippen LogP contribution in [0.4, 0.5) is 22.0 Å². The first-order valence-corrected chi connectivity index (χ1v) is 4.71. The fourth-order valence-electron chi connectivity index (χ4n) is 1.36. The molecule has 0 aliphatic carbocycles. The summed E-state index contributed by atoms with van der Waals surface area (Å²) in [6.45, 7) is 0. The molecule has 0 radical (unpaired) electrons. The van der Waals surface area contributed by atoms with E-state index in [1.165, 1.54) is 0 Å². The Morgan fingerprint density at radius 1 is 1.29 bits per heavy atom. The van der Waals surface area contributed by atoms with Gasteiger partial charge in [0.05, 0.1) is 10.6 Å². The van der Waals surface area contributed by atoms with Gasteiger partial charge in [0.15, 0.2) is 5.65 Å². The van der Waals surface area contributed by atoms with E-state index in [1.54, 1.807) is 0 Å². The zero-order chi connectivity index (χ0) is 12.8. The average molecular weight is 271 g/mol. The van der Waals surface area contributed by atoms with Crippen LogP contribution in [-0.2, 0) is 6.18 Å². The van der Waals surface area contributed by atoms with Gasteiger partial charge in [-0.1, -0.05) is 11.6 Å². The van der Waals surface area contributed by atoms with E-state index in [2.05, 4.69) is 4.98 Å². The van der Waals surface area contributed by atoms with Crippen molar-refractivity contribution in [3.8, 4) is 0 Å². The van der Waals surface area contributed by atoms with Crippen LogP contribution in [0.1, 0.15) is 17.7 Å². The van der Waals surface area contributed by atoms with Crippen LogP contribution in [0.25, 0.3) is 5.65 Å². The van der Waals surface area contributed by atoms with Gasteiger partial charge in [0.2, 0.25) is 0 Å². The Morgan fingerprint density at radius 2 is 1.94 bits per heavy atom. The van der Waals surface area contributed by atoms with Crippen LogP contribution in [0.15, 0.2) is 18.5 Å². The van der Waals surface area contributed by atoms with Crippen LogP contribution in [0.3, 0.4) is 0 Å². The van der Waals surface area contributed by atoms with Gasteiger partial charge in [0, 0.05) is 12.4 Å². The molecule has 0 amide bonds. The van der Waals surface area contributed by atoms with Gasteiger partial charge in [-0.3, -0.25) is 0 Å². The third kappa shape index (κ3) is 2.06. The molecule has 0 unspecified atom stereocenters. The van der Waals surface area contributed by atoms with Crippen LogP contribution in [0.5, 0.6) is 0 Å². The smallest absolute Gasteiger partial charge is 0.305 e. The molecule has 2 aromatic heterocycles. The summed E-state index contributed by atoms with van der Waals surface area (Å²) in [4.78, 5) is 3.37. The van der Waals surface area contributed by atoms with Gasteiger partial charge in [-0.15, -0.1) is 0 Å². The van der Waals surface area contributed by atoms with Gasteiger partial charge < -0.3 is 4.40 Å². The van der Waals surface area contributed by atoms with Crippen LogP contribution in [0.2, 0.25) is 5.02 Å². The first-order valence-electron chi connectivity index (χ1n) is 4.33. The predicted molar refractivity (Wildman–Crippen MR) is 50.2 cm³/mol. The second-order valence-corrected chi connectivity index (χ2v) is 3.62. The van der Waals surface area contributed by atoms with E-state index in [0.717, 1.165) is 16.8 Å². The highest BCUT2D eigenvalue weighted by atomic mass is 35.5. The van der Waals surface area contributed by atoms with E-state index >= 15 is 0 Å². The number of imidazole rings is 1. The molecular weight excluding hydrogens is 267 g/mol. The molecule has 0 aliphatic rings. The van der Waals surface area contributed by atoms with Crippen molar-refractivity contribution in [2.75, 3.05) is 0 Å². The number of nitrogens with zero attached hydrogens (tertiary/aromatic N) is 2. The summed E-state index contributed by atoms with van der Waals surface area (Å²) < 4.78 is 63.1. The molecule has 2 nitrogen and oxygen atoms in total. The van der Waals surface area contributed by atoms with Gasteiger partial charge in [0.1, 0.15) is 5.69 Å². The van der Waals surface area contributed by atoms with Crippen LogP contribution in [0, 0.1) is 0 Å². The third-order valence-electron chi connectivity index (χ3n) is 2.11. The van der Waals surface area contributed by atoms with Crippen LogP contribution >= 0.6 is 11.6 Å². The summed E-state index contributed by atoms with van der Waals surface area (Å²) in [5, 5.41) is -0.688. The second-order valence-electron chi connectivity index (χ2n) is 3.24. The summed E-state index contributed by atoms with van der Waals surface area (Å²) in [6, 6.07) is 0.715. The number of hydrogen-bond donors (Lipinski definition) is 0. The SMILES string of the molecule is FC(F)c1cn2ccc(C(F)(F)F)c(Cl)c2n1. The van der Waals surface area contributed by atoms with E-state index < -0.39 is 28.9 Å². The molecule has 0 N–H and O–H groups in total. The molecule has 8 heteroatoms. The molecular formula is C9H4ClF5N2. The molecule has 2 heterocycles. The van der Waals surface area contributed by atoms with Gasteiger partial charge in [-0.25, -0.2) is 13.8 Å². The molecule has 2 rings (SSSR count). The first kappa shape index (κ1) is 12.1. The predicted octanol–water partition coefficient (Wildman–Crippen LogP) is 3.94. The molecule has 0 bridgehead atoms. The summed E-state index contributed by atoms with van der Waals surface area (Å²) in [7, 11) is 0. The lowest BCUT2D eigenvalue weighted by atomic mass is 10.2. The molecule has 92 valence electrons. The number of alkyl halides is 5. The Kier molecular flexibility index (Phi) is 2.73. The Morgan fingerprint density at radius 3 is 2.47 bits per heavy atom. The molecule has 2 aromatic rings. The van der Waals surface area contributed by atoms with Gasteiger partial charge in [-0.2, -0.15) is 13.2 Å². The van der Waals surface area contributed by atoms with E-state index in [-0.39, 0.29) is 5.65 Å². The Bertz CT molecular complexity index is 560. The van der Waals surface area contributed by atoms with Crippen molar-refractivity contribution in [2.45, 2.75) is 12.6 Å². The topological polar surface area (TPSA) is 17.3 Å². The van der Waals surface area contributed by atoms with E-state index in [0.29, 0.717) is 6.07 Å². The summed E-state index contributed by atoms with van der Waals surface area (Å²) in [5.41, 5.74) is -2.05. The average Bonchev–Trinajstić information content (AvgIpc) is 2.60. The number of pyridine rings is 1. The van der Waals surface area contributed by atoms with Crippen molar-refractivity contribution < 1.29 is 22.0 Å². The molecule has 0 spiro atoms. The largest absolute Gasteiger partial charge is 0.418 e. The maximum absolute atomic E-state index is 12.5. The fourth-order valence-corrected chi connectivity index (χ4v) is 1.67. The van der Waals surface area contributed by atoms with Crippen LogP contribution < -0.4 is 0 Å². The molecule has 17 heavy (non-hydrogen) atoms. The zero-order valence-electron chi connectivity index (χ0n) is 7.97. The molecule has 0 atom stereocenters. The standard InChI is InChI=1S/C9H4ClF5N2/c10-6-4(9(13,14)15)1-2-17-3-5(7(11)12)16-8(6)17/h1-3,7H. The number of fused-ring (bicyclic) bond motifs is 1. The van der Waals surface area contributed by atoms with Crippen molar-refractivity contribution in [1.29, 1.82) is 0 Å². The van der Waals surface area contributed by atoms with E-state index in [9.17, 15) is 22.0 Å². The first-order chi connectivity index (χ1) is 7.80. The minimum Gasteiger partial charge on any atom is -0.305 e. The highest BCUT2D eigenvalue weighted by molar-refractivity contribution is 6.34. The quantitative estimate of drug-likeness (QED) is 0.717. The number of rotatable bonds is 1. The minimum atomic E-state index is -4.64. The zero-order valence-corrected chi connectivity index (χ0v) is 8.73. The normalized spacial score (nSPS) is 12.6. The van der Waals surface area contributed by atoms with Crippen molar-refractivity contribution in [3.63, 3.8) is 0 Å². The highest BCUT2D eigenvalue weighted by Crippen LogP contribution is 2.36. The molecule has 0 saturated heterocycles. The lowest BCUT2D eigenvalue weighted by Crippen LogP contribution is -2.06. The summed E-state index contributed by atoms with van der Waals surface area (Å²) in [5.74, 6) is 0. The summed E-state index contributed by atoms with van der Waals surface area (Å²) in [6.07, 6.45) is -5.58. The van der Waals surface area contributed by atoms with E-state index in [4.69, 9.17) is 11.6 Å². The Hall–Kier alpha value is -1.37. The highest BCUT2D eigenvalue weighted by Gasteiger charge is 2.34. The maximum Gasteiger partial charge on any atom is 0.418 e.